The van der Waals surface area contributed by atoms with E-state index in [0.29, 0.717) is 6.61 Å². The maximum Gasteiger partial charge on any atom is 0.125 e. The largest absolute Gasteiger partial charge is 0.493 e. The van der Waals surface area contributed by atoms with Gasteiger partial charge in [-0.3, -0.25) is 0 Å². The summed E-state index contributed by atoms with van der Waals surface area (Å²) in [4.78, 5) is 0. The summed E-state index contributed by atoms with van der Waals surface area (Å²) in [7, 11) is 1.72. The Labute approximate surface area is 121 Å². The Kier molecular flexibility index (Phi) is 8.63. The van der Waals surface area contributed by atoms with Crippen molar-refractivity contribution in [3.63, 3.8) is 0 Å². The molecule has 0 unspecified atom stereocenters. The lowest BCUT2D eigenvalue weighted by atomic mass is 10.2. The zero-order chi connectivity index (χ0) is 13.9. The van der Waals surface area contributed by atoms with Gasteiger partial charge in [0.05, 0.1) is 6.61 Å². The molecule has 0 bridgehead atoms. The van der Waals surface area contributed by atoms with Crippen LogP contribution in [0.3, 0.4) is 0 Å². The molecule has 1 N–H and O–H groups in total. The van der Waals surface area contributed by atoms with Gasteiger partial charge in [0.25, 0.3) is 0 Å². The predicted octanol–water partition coefficient (Wildman–Crippen LogP) is 3.65. The third kappa shape index (κ3) is 6.28. The van der Waals surface area contributed by atoms with Crippen molar-refractivity contribution in [1.82, 2.24) is 5.32 Å². The number of methoxy groups -OCH3 is 1. The molecule has 4 heteroatoms. The summed E-state index contributed by atoms with van der Waals surface area (Å²) in [5.41, 5.74) is 1.05. The number of unbranched alkanes of at least 4 members (excludes halogenated alkanes) is 1. The van der Waals surface area contributed by atoms with Crippen molar-refractivity contribution in [1.29, 1.82) is 0 Å². The topological polar surface area (TPSA) is 30.5 Å². The Morgan fingerprint density at radius 3 is 2.74 bits per heavy atom. The Hall–Kier alpha value is -0.770. The first-order chi connectivity index (χ1) is 9.29. The fourth-order valence-electron chi connectivity index (χ4n) is 1.77. The van der Waals surface area contributed by atoms with E-state index in [2.05, 4.69) is 12.2 Å². The van der Waals surface area contributed by atoms with E-state index in [9.17, 15) is 0 Å². The molecule has 0 spiro atoms. The number of ether oxygens (including phenoxy) is 2. The Bertz CT molecular complexity index is 358. The maximum atomic E-state index is 6.23. The van der Waals surface area contributed by atoms with E-state index in [-0.39, 0.29) is 0 Å². The highest BCUT2D eigenvalue weighted by atomic mass is 35.5. The summed E-state index contributed by atoms with van der Waals surface area (Å²) in [6.07, 6.45) is 3.11. The van der Waals surface area contributed by atoms with E-state index < -0.39 is 0 Å². The normalized spacial score (nSPS) is 10.7. The van der Waals surface area contributed by atoms with Crippen LogP contribution in [0.25, 0.3) is 0 Å². The first-order valence-corrected chi connectivity index (χ1v) is 7.27. The standard InChI is InChI=1S/C15H24ClNO2/c1-3-9-17-12-13-14(16)7-6-8-15(13)19-11-5-4-10-18-2/h6-8,17H,3-5,9-12H2,1-2H3. The van der Waals surface area contributed by atoms with E-state index in [0.717, 1.165) is 55.3 Å². The van der Waals surface area contributed by atoms with E-state index in [1.54, 1.807) is 7.11 Å². The highest BCUT2D eigenvalue weighted by molar-refractivity contribution is 6.31. The van der Waals surface area contributed by atoms with Crippen molar-refractivity contribution in [2.75, 3.05) is 26.9 Å². The molecule has 0 aliphatic carbocycles. The van der Waals surface area contributed by atoms with Crippen LogP contribution in [0, 0.1) is 0 Å². The summed E-state index contributed by atoms with van der Waals surface area (Å²) < 4.78 is 10.8. The molecule has 0 radical (unpaired) electrons. The van der Waals surface area contributed by atoms with Gasteiger partial charge in [-0.1, -0.05) is 24.6 Å². The van der Waals surface area contributed by atoms with E-state index in [1.165, 1.54) is 0 Å². The minimum atomic E-state index is 0.699. The van der Waals surface area contributed by atoms with Gasteiger partial charge in [-0.05, 0) is 37.9 Å². The highest BCUT2D eigenvalue weighted by Crippen LogP contribution is 2.26. The van der Waals surface area contributed by atoms with Crippen LogP contribution >= 0.6 is 11.6 Å². The lowest BCUT2D eigenvalue weighted by Gasteiger charge is -2.13. The molecule has 1 aromatic rings. The number of hydrogen-bond acceptors (Lipinski definition) is 3. The molecular formula is C15H24ClNO2. The van der Waals surface area contributed by atoms with Gasteiger partial charge in [0.15, 0.2) is 0 Å². The number of hydrogen-bond donors (Lipinski definition) is 1. The molecule has 0 saturated carbocycles. The summed E-state index contributed by atoms with van der Waals surface area (Å²) >= 11 is 6.23. The predicted molar refractivity (Wildman–Crippen MR) is 80.1 cm³/mol. The summed E-state index contributed by atoms with van der Waals surface area (Å²) in [6.45, 7) is 5.36. The van der Waals surface area contributed by atoms with Crippen molar-refractivity contribution in [3.8, 4) is 5.75 Å². The van der Waals surface area contributed by atoms with Crippen LogP contribution < -0.4 is 10.1 Å². The van der Waals surface area contributed by atoms with Gasteiger partial charge in [0.2, 0.25) is 0 Å². The van der Waals surface area contributed by atoms with Gasteiger partial charge in [-0.25, -0.2) is 0 Å². The van der Waals surface area contributed by atoms with Crippen LogP contribution in [-0.2, 0) is 11.3 Å². The van der Waals surface area contributed by atoms with Gasteiger partial charge in [0, 0.05) is 30.8 Å². The zero-order valence-corrected chi connectivity index (χ0v) is 12.6. The van der Waals surface area contributed by atoms with Crippen molar-refractivity contribution in [2.24, 2.45) is 0 Å². The fraction of sp³-hybridized carbons (Fsp3) is 0.600. The van der Waals surface area contributed by atoms with Crippen LogP contribution in [0.1, 0.15) is 31.7 Å². The van der Waals surface area contributed by atoms with Crippen molar-refractivity contribution >= 4 is 11.6 Å². The molecule has 1 aromatic carbocycles. The fourth-order valence-corrected chi connectivity index (χ4v) is 2.00. The minimum absolute atomic E-state index is 0.699. The maximum absolute atomic E-state index is 6.23. The number of rotatable bonds is 10. The Balaban J connectivity index is 2.48. The second-order valence-electron chi connectivity index (χ2n) is 4.44. The smallest absolute Gasteiger partial charge is 0.125 e. The molecule has 3 nitrogen and oxygen atoms in total. The molecule has 0 amide bonds. The minimum Gasteiger partial charge on any atom is -0.493 e. The molecule has 108 valence electrons. The van der Waals surface area contributed by atoms with Crippen molar-refractivity contribution in [3.05, 3.63) is 28.8 Å². The average molecular weight is 286 g/mol. The van der Waals surface area contributed by atoms with Gasteiger partial charge in [-0.15, -0.1) is 0 Å². The monoisotopic (exact) mass is 285 g/mol. The molecular weight excluding hydrogens is 262 g/mol. The molecule has 0 heterocycles. The molecule has 0 fully saturated rings. The van der Waals surface area contributed by atoms with Crippen LogP contribution in [-0.4, -0.2) is 26.9 Å². The summed E-state index contributed by atoms with van der Waals surface area (Å²) in [5.74, 6) is 0.883. The second-order valence-corrected chi connectivity index (χ2v) is 4.85. The highest BCUT2D eigenvalue weighted by Gasteiger charge is 2.07. The lowest BCUT2D eigenvalue weighted by molar-refractivity contribution is 0.184. The summed E-state index contributed by atoms with van der Waals surface area (Å²) in [6, 6.07) is 5.81. The van der Waals surface area contributed by atoms with Crippen molar-refractivity contribution < 1.29 is 9.47 Å². The van der Waals surface area contributed by atoms with Crippen molar-refractivity contribution in [2.45, 2.75) is 32.7 Å². The molecule has 0 saturated heterocycles. The molecule has 0 aliphatic rings. The van der Waals surface area contributed by atoms with Crippen LogP contribution in [0.15, 0.2) is 18.2 Å². The Morgan fingerprint density at radius 2 is 2.00 bits per heavy atom. The molecule has 1 rings (SSSR count). The van der Waals surface area contributed by atoms with Crippen LogP contribution in [0.4, 0.5) is 0 Å². The average Bonchev–Trinajstić information content (AvgIpc) is 2.41. The second kappa shape index (κ2) is 10.1. The zero-order valence-electron chi connectivity index (χ0n) is 11.9. The van der Waals surface area contributed by atoms with Crippen LogP contribution in [0.5, 0.6) is 5.75 Å². The van der Waals surface area contributed by atoms with Gasteiger partial charge in [0.1, 0.15) is 5.75 Å². The third-order valence-electron chi connectivity index (χ3n) is 2.80. The van der Waals surface area contributed by atoms with E-state index in [4.69, 9.17) is 21.1 Å². The molecule has 19 heavy (non-hydrogen) atoms. The van der Waals surface area contributed by atoms with E-state index >= 15 is 0 Å². The molecule has 0 atom stereocenters. The summed E-state index contributed by atoms with van der Waals surface area (Å²) in [5, 5.41) is 4.12. The lowest BCUT2D eigenvalue weighted by Crippen LogP contribution is -2.15. The first kappa shape index (κ1) is 16.3. The molecule has 0 aromatic heterocycles. The van der Waals surface area contributed by atoms with Crippen LogP contribution in [0.2, 0.25) is 5.02 Å². The van der Waals surface area contributed by atoms with Gasteiger partial charge < -0.3 is 14.8 Å². The van der Waals surface area contributed by atoms with E-state index in [1.807, 2.05) is 18.2 Å². The van der Waals surface area contributed by atoms with Gasteiger partial charge in [-0.2, -0.15) is 0 Å². The number of halogens is 1. The SMILES string of the molecule is CCCNCc1c(Cl)cccc1OCCCCOC. The number of nitrogens with one attached hydrogen (secondary N) is 1. The van der Waals surface area contributed by atoms with Gasteiger partial charge >= 0.3 is 0 Å². The first-order valence-electron chi connectivity index (χ1n) is 6.89. The quantitative estimate of drug-likeness (QED) is 0.666. The molecule has 0 aliphatic heterocycles. The number of benzene rings is 1. The third-order valence-corrected chi connectivity index (χ3v) is 3.16. The Morgan fingerprint density at radius 1 is 1.21 bits per heavy atom.